The fourth-order valence-electron chi connectivity index (χ4n) is 4.80. The summed E-state index contributed by atoms with van der Waals surface area (Å²) in [6.45, 7) is 5.11. The monoisotopic (exact) mass is 406 g/mol. The second-order valence-electron chi connectivity index (χ2n) is 8.63. The Morgan fingerprint density at radius 3 is 2.50 bits per heavy atom. The lowest BCUT2D eigenvalue weighted by Gasteiger charge is -2.20. The summed E-state index contributed by atoms with van der Waals surface area (Å²) < 4.78 is 17.5. The quantitative estimate of drug-likeness (QED) is 0.700. The number of nitrogens with zero attached hydrogens (tertiary/aromatic N) is 2. The second kappa shape index (κ2) is 6.51. The van der Waals surface area contributed by atoms with E-state index in [1.54, 1.807) is 6.92 Å². The fraction of sp³-hybridized carbons (Fsp3) is 0.333. The molecular weight excluding hydrogens is 383 g/mol. The number of carboxylic acid groups (broad SMARTS) is 1. The van der Waals surface area contributed by atoms with E-state index < -0.39 is 17.2 Å². The number of carboxylic acids is 1. The Morgan fingerprint density at radius 2 is 1.83 bits per heavy atom. The van der Waals surface area contributed by atoms with Gasteiger partial charge in [-0.05, 0) is 67.6 Å². The summed E-state index contributed by atoms with van der Waals surface area (Å²) in [4.78, 5) is 26.8. The Morgan fingerprint density at radius 1 is 1.13 bits per heavy atom. The number of hydrogen-bond donors (Lipinski definition) is 1. The maximum Gasteiger partial charge on any atom is 0.341 e. The summed E-state index contributed by atoms with van der Waals surface area (Å²) in [6.07, 6.45) is 3.29. The van der Waals surface area contributed by atoms with Gasteiger partial charge in [0.05, 0.1) is 10.9 Å². The van der Waals surface area contributed by atoms with E-state index in [0.29, 0.717) is 16.6 Å². The first-order valence-corrected chi connectivity index (χ1v) is 10.2. The minimum Gasteiger partial charge on any atom is -0.477 e. The van der Waals surface area contributed by atoms with Crippen molar-refractivity contribution in [3.8, 4) is 11.1 Å². The predicted octanol–water partition coefficient (Wildman–Crippen LogP) is 4.40. The second-order valence-corrected chi connectivity index (χ2v) is 8.63. The maximum atomic E-state index is 15.7. The van der Waals surface area contributed by atoms with Crippen LogP contribution in [0.25, 0.3) is 22.0 Å². The topological polar surface area (TPSA) is 62.5 Å². The fourth-order valence-corrected chi connectivity index (χ4v) is 4.80. The van der Waals surface area contributed by atoms with E-state index in [-0.39, 0.29) is 22.6 Å². The highest BCUT2D eigenvalue weighted by atomic mass is 19.1. The van der Waals surface area contributed by atoms with Gasteiger partial charge in [-0.1, -0.05) is 12.1 Å². The van der Waals surface area contributed by atoms with Crippen LogP contribution in [-0.2, 0) is 13.1 Å². The Labute approximate surface area is 173 Å². The number of benzene rings is 2. The number of carbonyl (C=O) groups is 1. The van der Waals surface area contributed by atoms with Crippen molar-refractivity contribution < 1.29 is 14.3 Å². The average Bonchev–Trinajstić information content (AvgIpc) is 3.46. The molecule has 5 rings (SSSR count). The number of aromatic carboxylic acids is 1. The molecule has 5 nitrogen and oxygen atoms in total. The largest absolute Gasteiger partial charge is 0.477 e. The van der Waals surface area contributed by atoms with Gasteiger partial charge in [-0.15, -0.1) is 0 Å². The summed E-state index contributed by atoms with van der Waals surface area (Å²) in [6, 6.07) is 6.19. The van der Waals surface area contributed by atoms with Gasteiger partial charge in [-0.25, -0.2) is 9.18 Å². The molecule has 1 saturated carbocycles. The minimum atomic E-state index is -1.28. The van der Waals surface area contributed by atoms with Crippen LogP contribution >= 0.6 is 0 Å². The molecule has 1 fully saturated rings. The van der Waals surface area contributed by atoms with E-state index in [0.717, 1.165) is 31.5 Å². The molecule has 0 radical (unpaired) electrons. The first-order valence-electron chi connectivity index (χ1n) is 10.2. The lowest BCUT2D eigenvalue weighted by atomic mass is 9.91. The van der Waals surface area contributed by atoms with Gasteiger partial charge in [0, 0.05) is 30.9 Å². The Balaban J connectivity index is 1.85. The van der Waals surface area contributed by atoms with Crippen LogP contribution in [0.5, 0.6) is 0 Å². The lowest BCUT2D eigenvalue weighted by molar-refractivity contribution is 0.0695. The van der Waals surface area contributed by atoms with E-state index in [1.165, 1.54) is 17.3 Å². The average molecular weight is 406 g/mol. The van der Waals surface area contributed by atoms with Crippen molar-refractivity contribution in [1.82, 2.24) is 9.47 Å². The summed E-state index contributed by atoms with van der Waals surface area (Å²) in [5.41, 5.74) is 4.35. The van der Waals surface area contributed by atoms with Crippen LogP contribution in [0.2, 0.25) is 0 Å². The highest BCUT2D eigenvalue weighted by molar-refractivity contribution is 5.97. The molecule has 1 aliphatic heterocycles. The number of rotatable bonds is 3. The SMILES string of the molecule is Cc1c(F)c(-c2ccc3c(c2)CN(C)C3)c(C)c2c1c(=O)c(C(=O)O)cn2C1CC1. The van der Waals surface area contributed by atoms with Gasteiger partial charge < -0.3 is 9.67 Å². The zero-order chi connectivity index (χ0) is 21.3. The molecule has 0 bridgehead atoms. The van der Waals surface area contributed by atoms with E-state index in [9.17, 15) is 14.7 Å². The third-order valence-corrected chi connectivity index (χ3v) is 6.43. The summed E-state index contributed by atoms with van der Waals surface area (Å²) in [5, 5.41) is 9.70. The van der Waals surface area contributed by atoms with Crippen molar-refractivity contribution in [2.75, 3.05) is 7.05 Å². The standard InChI is InChI=1S/C24H23FN2O3/c1-12-20-22(27(17-6-7-17)11-18(23(20)28)24(29)30)13(2)19(21(12)25)14-4-5-15-9-26(3)10-16(15)8-14/h4-5,8,11,17H,6-7,9-10H2,1-3H3,(H,29,30). The molecule has 1 aromatic heterocycles. The van der Waals surface area contributed by atoms with E-state index in [4.69, 9.17) is 0 Å². The molecule has 6 heteroatoms. The van der Waals surface area contributed by atoms with Gasteiger partial charge in [0.25, 0.3) is 0 Å². The molecule has 2 heterocycles. The summed E-state index contributed by atoms with van der Waals surface area (Å²) in [5.74, 6) is -1.73. The zero-order valence-electron chi connectivity index (χ0n) is 17.3. The van der Waals surface area contributed by atoms with Gasteiger partial charge in [0.1, 0.15) is 11.4 Å². The van der Waals surface area contributed by atoms with Crippen LogP contribution in [-0.4, -0.2) is 27.6 Å². The summed E-state index contributed by atoms with van der Waals surface area (Å²) in [7, 11) is 2.06. The number of halogens is 1. The van der Waals surface area contributed by atoms with Gasteiger partial charge in [0.2, 0.25) is 5.43 Å². The molecule has 154 valence electrons. The molecule has 0 saturated heterocycles. The predicted molar refractivity (Wildman–Crippen MR) is 113 cm³/mol. The van der Waals surface area contributed by atoms with Crippen molar-refractivity contribution in [2.24, 2.45) is 0 Å². The van der Waals surface area contributed by atoms with E-state index >= 15 is 4.39 Å². The molecule has 0 atom stereocenters. The van der Waals surface area contributed by atoms with Gasteiger partial charge >= 0.3 is 5.97 Å². The van der Waals surface area contributed by atoms with Crippen LogP contribution in [0.4, 0.5) is 4.39 Å². The number of fused-ring (bicyclic) bond motifs is 2. The van der Waals surface area contributed by atoms with Gasteiger partial charge in [0.15, 0.2) is 0 Å². The molecule has 2 aromatic carbocycles. The normalized spacial score (nSPS) is 16.3. The zero-order valence-corrected chi connectivity index (χ0v) is 17.3. The van der Waals surface area contributed by atoms with Gasteiger partial charge in [-0.2, -0.15) is 0 Å². The Kier molecular flexibility index (Phi) is 4.12. The van der Waals surface area contributed by atoms with Crippen molar-refractivity contribution in [3.63, 3.8) is 0 Å². The maximum absolute atomic E-state index is 15.7. The number of pyridine rings is 1. The first-order chi connectivity index (χ1) is 14.3. The molecule has 30 heavy (non-hydrogen) atoms. The van der Waals surface area contributed by atoms with Crippen molar-refractivity contribution in [3.05, 3.63) is 68.3 Å². The molecule has 3 aromatic rings. The van der Waals surface area contributed by atoms with Crippen molar-refractivity contribution in [1.29, 1.82) is 0 Å². The van der Waals surface area contributed by atoms with Crippen LogP contribution < -0.4 is 5.43 Å². The molecule has 0 amide bonds. The third kappa shape index (κ3) is 2.70. The molecule has 0 unspecified atom stereocenters. The molecule has 0 spiro atoms. The number of aryl methyl sites for hydroxylation is 2. The van der Waals surface area contributed by atoms with Crippen LogP contribution in [0, 0.1) is 19.7 Å². The Bertz CT molecular complexity index is 1300. The van der Waals surface area contributed by atoms with E-state index in [1.807, 2.05) is 29.7 Å². The third-order valence-electron chi connectivity index (χ3n) is 6.43. The van der Waals surface area contributed by atoms with Crippen molar-refractivity contribution >= 4 is 16.9 Å². The highest BCUT2D eigenvalue weighted by Gasteiger charge is 2.30. The minimum absolute atomic E-state index is 0.149. The summed E-state index contributed by atoms with van der Waals surface area (Å²) >= 11 is 0. The van der Waals surface area contributed by atoms with Crippen LogP contribution in [0.1, 0.15) is 51.5 Å². The van der Waals surface area contributed by atoms with Crippen molar-refractivity contribution in [2.45, 2.75) is 45.8 Å². The smallest absolute Gasteiger partial charge is 0.341 e. The van der Waals surface area contributed by atoms with Gasteiger partial charge in [-0.3, -0.25) is 9.69 Å². The molecule has 2 aliphatic rings. The number of hydrogen-bond acceptors (Lipinski definition) is 3. The first kappa shape index (κ1) is 19.0. The van der Waals surface area contributed by atoms with Crippen LogP contribution in [0.15, 0.2) is 29.2 Å². The number of aromatic nitrogens is 1. The Hall–Kier alpha value is -2.99. The molecule has 1 aliphatic carbocycles. The molecular formula is C24H23FN2O3. The molecule has 1 N–H and O–H groups in total. The van der Waals surface area contributed by atoms with Crippen LogP contribution in [0.3, 0.4) is 0 Å². The highest BCUT2D eigenvalue weighted by Crippen LogP contribution is 2.41. The van der Waals surface area contributed by atoms with E-state index in [2.05, 4.69) is 11.9 Å². The lowest BCUT2D eigenvalue weighted by Crippen LogP contribution is -2.21.